The van der Waals surface area contributed by atoms with Gasteiger partial charge in [0, 0.05) is 11.1 Å². The van der Waals surface area contributed by atoms with Crippen molar-refractivity contribution in [1.82, 2.24) is 9.97 Å². The Labute approximate surface area is 168 Å². The van der Waals surface area contributed by atoms with Crippen molar-refractivity contribution in [2.24, 2.45) is 0 Å². The third-order valence-electron chi connectivity index (χ3n) is 4.80. The van der Waals surface area contributed by atoms with Crippen LogP contribution in [0.2, 0.25) is 0 Å². The van der Waals surface area contributed by atoms with E-state index in [1.807, 2.05) is 78.9 Å². The van der Waals surface area contributed by atoms with Gasteiger partial charge >= 0.3 is 0 Å². The van der Waals surface area contributed by atoms with E-state index < -0.39 is 0 Å². The molecule has 1 aromatic heterocycles. The standard InChI is InChI=1S/C25H20N2O2/c1-16(28)19-10-7-18(8-11-19)9-14-25-26-23-13-12-20(15-24(23)27-25)22-6-4-3-5-21(22)17(2)29/h3-15,29H,2H2,1H3,(H,26,27)/b14-9+. The number of ketones is 1. The van der Waals surface area contributed by atoms with Crippen molar-refractivity contribution in [2.45, 2.75) is 6.92 Å². The Hall–Kier alpha value is -3.92. The van der Waals surface area contributed by atoms with Crippen molar-refractivity contribution in [3.8, 4) is 11.1 Å². The van der Waals surface area contributed by atoms with Crippen LogP contribution < -0.4 is 0 Å². The molecule has 0 aliphatic rings. The lowest BCUT2D eigenvalue weighted by atomic mass is 9.98. The smallest absolute Gasteiger partial charge is 0.159 e. The molecule has 4 rings (SSSR count). The highest BCUT2D eigenvalue weighted by Gasteiger charge is 2.09. The zero-order valence-electron chi connectivity index (χ0n) is 16.0. The Morgan fingerprint density at radius 2 is 1.79 bits per heavy atom. The molecule has 0 radical (unpaired) electrons. The van der Waals surface area contributed by atoms with Gasteiger partial charge in [-0.2, -0.15) is 0 Å². The van der Waals surface area contributed by atoms with E-state index >= 15 is 0 Å². The molecule has 3 aromatic carbocycles. The van der Waals surface area contributed by atoms with Crippen molar-refractivity contribution < 1.29 is 9.90 Å². The number of imidazole rings is 1. The number of benzene rings is 3. The third-order valence-corrected chi connectivity index (χ3v) is 4.80. The lowest BCUT2D eigenvalue weighted by Crippen LogP contribution is -1.90. The molecule has 0 fully saturated rings. The fourth-order valence-corrected chi connectivity index (χ4v) is 3.27. The molecule has 1 heterocycles. The maximum absolute atomic E-state index is 11.4. The van der Waals surface area contributed by atoms with Crippen LogP contribution in [0.4, 0.5) is 0 Å². The number of aromatic amines is 1. The number of hydrogen-bond donors (Lipinski definition) is 2. The van der Waals surface area contributed by atoms with Gasteiger partial charge in [0.2, 0.25) is 0 Å². The van der Waals surface area contributed by atoms with Crippen LogP contribution in [0.3, 0.4) is 0 Å². The number of H-pyrrole nitrogens is 1. The average molecular weight is 380 g/mol. The van der Waals surface area contributed by atoms with E-state index in [1.165, 1.54) is 0 Å². The molecule has 29 heavy (non-hydrogen) atoms. The maximum Gasteiger partial charge on any atom is 0.159 e. The third kappa shape index (κ3) is 3.87. The monoisotopic (exact) mass is 380 g/mol. The first-order chi connectivity index (χ1) is 14.0. The van der Waals surface area contributed by atoms with Crippen molar-refractivity contribution in [3.05, 3.63) is 95.8 Å². The summed E-state index contributed by atoms with van der Waals surface area (Å²) in [6.45, 7) is 5.21. The minimum absolute atomic E-state index is 0.0460. The Morgan fingerprint density at radius 3 is 2.52 bits per heavy atom. The zero-order chi connectivity index (χ0) is 20.4. The van der Waals surface area contributed by atoms with Crippen molar-refractivity contribution in [2.75, 3.05) is 0 Å². The molecule has 0 atom stereocenters. The number of aromatic nitrogens is 2. The number of aliphatic hydroxyl groups is 1. The van der Waals surface area contributed by atoms with Gasteiger partial charge in [0.1, 0.15) is 11.6 Å². The van der Waals surface area contributed by atoms with Crippen molar-refractivity contribution in [1.29, 1.82) is 0 Å². The predicted octanol–water partition coefficient (Wildman–Crippen LogP) is 6.13. The van der Waals surface area contributed by atoms with Crippen LogP contribution in [-0.2, 0) is 0 Å². The van der Waals surface area contributed by atoms with Crippen LogP contribution in [-0.4, -0.2) is 20.9 Å². The predicted molar refractivity (Wildman–Crippen MR) is 119 cm³/mol. The molecule has 0 unspecified atom stereocenters. The molecule has 4 aromatic rings. The summed E-state index contributed by atoms with van der Waals surface area (Å²) in [6.07, 6.45) is 3.86. The average Bonchev–Trinajstić information content (AvgIpc) is 3.14. The second kappa shape index (κ2) is 7.60. The van der Waals surface area contributed by atoms with Crippen molar-refractivity contribution >= 4 is 34.7 Å². The van der Waals surface area contributed by atoms with Gasteiger partial charge in [-0.3, -0.25) is 4.79 Å². The van der Waals surface area contributed by atoms with Gasteiger partial charge in [0.25, 0.3) is 0 Å². The molecular weight excluding hydrogens is 360 g/mol. The van der Waals surface area contributed by atoms with Crippen LogP contribution in [0.5, 0.6) is 0 Å². The number of aliphatic hydroxyl groups excluding tert-OH is 1. The maximum atomic E-state index is 11.4. The highest BCUT2D eigenvalue weighted by atomic mass is 16.3. The molecule has 4 heteroatoms. The molecule has 0 amide bonds. The molecule has 2 N–H and O–H groups in total. The number of rotatable bonds is 5. The Kier molecular flexibility index (Phi) is 4.83. The summed E-state index contributed by atoms with van der Waals surface area (Å²) in [4.78, 5) is 19.3. The number of nitrogens with zero attached hydrogens (tertiary/aromatic N) is 1. The van der Waals surface area contributed by atoms with Crippen LogP contribution in [0, 0.1) is 0 Å². The Morgan fingerprint density at radius 1 is 1.03 bits per heavy atom. The molecule has 4 nitrogen and oxygen atoms in total. The Balaban J connectivity index is 1.64. The number of Topliss-reactive ketones (excluding diaryl/α,β-unsaturated/α-hetero) is 1. The second-order valence-electron chi connectivity index (χ2n) is 6.86. The summed E-state index contributed by atoms with van der Waals surface area (Å²) in [6, 6.07) is 21.0. The number of carbonyl (C=O) groups is 1. The number of fused-ring (bicyclic) bond motifs is 1. The van der Waals surface area contributed by atoms with E-state index in [-0.39, 0.29) is 11.5 Å². The van der Waals surface area contributed by atoms with E-state index in [4.69, 9.17) is 0 Å². The normalized spacial score (nSPS) is 11.2. The summed E-state index contributed by atoms with van der Waals surface area (Å²) in [5.41, 5.74) is 6.06. The van der Waals surface area contributed by atoms with Crippen LogP contribution in [0.15, 0.2) is 73.3 Å². The van der Waals surface area contributed by atoms with E-state index in [2.05, 4.69) is 16.5 Å². The van der Waals surface area contributed by atoms with Gasteiger partial charge in [0.05, 0.1) is 11.0 Å². The summed E-state index contributed by atoms with van der Waals surface area (Å²) in [7, 11) is 0. The first-order valence-electron chi connectivity index (χ1n) is 9.28. The molecule has 0 saturated carbocycles. The summed E-state index contributed by atoms with van der Waals surface area (Å²) < 4.78 is 0. The molecule has 0 bridgehead atoms. The van der Waals surface area contributed by atoms with E-state index in [0.29, 0.717) is 11.1 Å². The quantitative estimate of drug-likeness (QED) is 0.323. The molecule has 142 valence electrons. The number of nitrogens with one attached hydrogen (secondary N) is 1. The number of carbonyl (C=O) groups excluding carboxylic acids is 1. The van der Waals surface area contributed by atoms with E-state index in [0.717, 1.165) is 33.5 Å². The first kappa shape index (κ1) is 18.4. The van der Waals surface area contributed by atoms with Crippen molar-refractivity contribution in [3.63, 3.8) is 0 Å². The lowest BCUT2D eigenvalue weighted by Gasteiger charge is -2.08. The summed E-state index contributed by atoms with van der Waals surface area (Å²) in [5.74, 6) is 0.845. The minimum atomic E-state index is 0.0460. The van der Waals surface area contributed by atoms with Crippen LogP contribution >= 0.6 is 0 Å². The van der Waals surface area contributed by atoms with E-state index in [1.54, 1.807) is 6.92 Å². The number of hydrogen-bond acceptors (Lipinski definition) is 3. The van der Waals surface area contributed by atoms with E-state index in [9.17, 15) is 9.90 Å². The molecule has 0 spiro atoms. The first-order valence-corrected chi connectivity index (χ1v) is 9.28. The Bertz CT molecular complexity index is 1250. The molecule has 0 aliphatic heterocycles. The van der Waals surface area contributed by atoms with Gasteiger partial charge in [-0.15, -0.1) is 0 Å². The molecule has 0 aliphatic carbocycles. The zero-order valence-corrected chi connectivity index (χ0v) is 16.0. The summed E-state index contributed by atoms with van der Waals surface area (Å²) >= 11 is 0. The SMILES string of the molecule is C=C(O)c1ccccc1-c1ccc2nc(/C=C/c3ccc(C(C)=O)cc3)[nH]c2c1. The van der Waals surface area contributed by atoms with Gasteiger partial charge in [-0.05, 0) is 41.8 Å². The van der Waals surface area contributed by atoms with Gasteiger partial charge in [0.15, 0.2) is 5.78 Å². The topological polar surface area (TPSA) is 66.0 Å². The molecular formula is C25H20N2O2. The van der Waals surface area contributed by atoms with Gasteiger partial charge < -0.3 is 10.1 Å². The molecule has 0 saturated heterocycles. The second-order valence-corrected chi connectivity index (χ2v) is 6.86. The fraction of sp³-hybridized carbons (Fsp3) is 0.0400. The highest BCUT2D eigenvalue weighted by molar-refractivity contribution is 5.94. The minimum Gasteiger partial charge on any atom is -0.508 e. The van der Waals surface area contributed by atoms with Crippen LogP contribution in [0.25, 0.3) is 40.1 Å². The van der Waals surface area contributed by atoms with Gasteiger partial charge in [-0.1, -0.05) is 67.3 Å². The lowest BCUT2D eigenvalue weighted by molar-refractivity contribution is 0.101. The fourth-order valence-electron chi connectivity index (χ4n) is 3.27. The highest BCUT2D eigenvalue weighted by Crippen LogP contribution is 2.29. The van der Waals surface area contributed by atoms with Crippen LogP contribution in [0.1, 0.15) is 34.2 Å². The summed E-state index contributed by atoms with van der Waals surface area (Å²) in [5, 5.41) is 9.87. The van der Waals surface area contributed by atoms with Gasteiger partial charge in [-0.25, -0.2) is 4.98 Å². The largest absolute Gasteiger partial charge is 0.508 e.